The molecule has 1 aliphatic carbocycles. The maximum absolute atomic E-state index is 12.5. The number of rotatable bonds is 5. The minimum absolute atomic E-state index is 0. The van der Waals surface area contributed by atoms with Crippen molar-refractivity contribution in [2.75, 3.05) is 19.0 Å². The van der Waals surface area contributed by atoms with Gasteiger partial charge in [-0.1, -0.05) is 18.9 Å². The molecule has 2 unspecified atom stereocenters. The number of methoxy groups -OCH3 is 1. The molecule has 1 fully saturated rings. The Labute approximate surface area is 148 Å². The average molecular weight is 357 g/mol. The number of hydrogen-bond donors (Lipinski definition) is 2. The second kappa shape index (κ2) is 8.89. The molecular weight excluding hydrogens is 332 g/mol. The molecular formula is C17H25ClN2O4. The van der Waals surface area contributed by atoms with Crippen LogP contribution in [0.1, 0.15) is 32.6 Å². The highest BCUT2D eigenvalue weighted by molar-refractivity contribution is 5.93. The van der Waals surface area contributed by atoms with Crippen molar-refractivity contribution in [3.05, 3.63) is 24.3 Å². The number of carbonyl (C=O) groups excluding carboxylic acids is 2. The Bertz CT molecular complexity index is 577. The lowest BCUT2D eigenvalue weighted by atomic mass is 9.74. The number of esters is 1. The summed E-state index contributed by atoms with van der Waals surface area (Å²) in [5.41, 5.74) is 6.42. The van der Waals surface area contributed by atoms with Crippen LogP contribution in [0.5, 0.6) is 5.75 Å². The van der Waals surface area contributed by atoms with E-state index < -0.39 is 11.5 Å². The summed E-state index contributed by atoms with van der Waals surface area (Å²) in [7, 11) is 1.30. The third kappa shape index (κ3) is 5.39. The van der Waals surface area contributed by atoms with Gasteiger partial charge in [0.15, 0.2) is 6.61 Å². The second-order valence-electron chi connectivity index (χ2n) is 6.19. The molecule has 0 aliphatic heterocycles. The maximum atomic E-state index is 12.5. The van der Waals surface area contributed by atoms with Crippen molar-refractivity contribution in [2.24, 2.45) is 11.7 Å². The molecule has 0 saturated heterocycles. The van der Waals surface area contributed by atoms with Crippen LogP contribution in [0.2, 0.25) is 0 Å². The third-order valence-corrected chi connectivity index (χ3v) is 4.26. The fraction of sp³-hybridized carbons (Fsp3) is 0.529. The molecule has 0 aromatic heterocycles. The highest BCUT2D eigenvalue weighted by atomic mass is 35.5. The van der Waals surface area contributed by atoms with Crippen molar-refractivity contribution in [2.45, 2.75) is 38.1 Å². The van der Waals surface area contributed by atoms with Gasteiger partial charge in [-0.15, -0.1) is 12.4 Å². The van der Waals surface area contributed by atoms with E-state index in [4.69, 9.17) is 10.5 Å². The molecule has 1 saturated carbocycles. The van der Waals surface area contributed by atoms with Crippen LogP contribution in [0.15, 0.2) is 24.3 Å². The molecule has 0 bridgehead atoms. The quantitative estimate of drug-likeness (QED) is 0.791. The summed E-state index contributed by atoms with van der Waals surface area (Å²) in [5, 5.41) is 2.89. The molecule has 2 atom stereocenters. The molecule has 1 aromatic rings. The van der Waals surface area contributed by atoms with E-state index in [-0.39, 0.29) is 30.8 Å². The predicted molar refractivity (Wildman–Crippen MR) is 94.4 cm³/mol. The average Bonchev–Trinajstić information content (AvgIpc) is 2.52. The van der Waals surface area contributed by atoms with Gasteiger partial charge in [-0.3, -0.25) is 4.79 Å². The fourth-order valence-corrected chi connectivity index (χ4v) is 2.88. The van der Waals surface area contributed by atoms with Crippen LogP contribution < -0.4 is 15.8 Å². The predicted octanol–water partition coefficient (Wildman–Crippen LogP) is 2.51. The molecule has 2 rings (SSSR count). The SMILES string of the molecule is COC(=O)COc1cccc(NC(=O)C2CCCCC2(C)N)c1.Cl. The third-order valence-electron chi connectivity index (χ3n) is 4.26. The van der Waals surface area contributed by atoms with E-state index in [1.54, 1.807) is 24.3 Å². The summed E-state index contributed by atoms with van der Waals surface area (Å²) in [6.45, 7) is 1.77. The van der Waals surface area contributed by atoms with Gasteiger partial charge in [0.25, 0.3) is 0 Å². The lowest BCUT2D eigenvalue weighted by Gasteiger charge is -2.37. The van der Waals surface area contributed by atoms with E-state index in [1.807, 2.05) is 6.92 Å². The minimum Gasteiger partial charge on any atom is -0.482 e. The number of hydrogen-bond acceptors (Lipinski definition) is 5. The summed E-state index contributed by atoms with van der Waals surface area (Å²) in [4.78, 5) is 23.6. The van der Waals surface area contributed by atoms with E-state index in [9.17, 15) is 9.59 Å². The van der Waals surface area contributed by atoms with Gasteiger partial charge in [0, 0.05) is 17.3 Å². The van der Waals surface area contributed by atoms with Crippen molar-refractivity contribution in [1.29, 1.82) is 0 Å². The number of anilines is 1. The Morgan fingerprint density at radius 2 is 2.12 bits per heavy atom. The zero-order valence-electron chi connectivity index (χ0n) is 14.0. The normalized spacial score (nSPS) is 22.9. The number of halogens is 1. The topological polar surface area (TPSA) is 90.6 Å². The van der Waals surface area contributed by atoms with E-state index in [0.717, 1.165) is 25.7 Å². The van der Waals surface area contributed by atoms with Gasteiger partial charge in [0.2, 0.25) is 5.91 Å². The molecule has 0 heterocycles. The number of carbonyl (C=O) groups is 2. The highest BCUT2D eigenvalue weighted by Crippen LogP contribution is 2.32. The number of ether oxygens (including phenoxy) is 2. The van der Waals surface area contributed by atoms with E-state index in [1.165, 1.54) is 7.11 Å². The minimum atomic E-state index is -0.471. The Balaban J connectivity index is 0.00000288. The van der Waals surface area contributed by atoms with E-state index in [2.05, 4.69) is 10.1 Å². The zero-order valence-corrected chi connectivity index (χ0v) is 14.9. The molecule has 1 aliphatic rings. The van der Waals surface area contributed by atoms with Gasteiger partial charge in [0.05, 0.1) is 13.0 Å². The van der Waals surface area contributed by atoms with Crippen LogP contribution >= 0.6 is 12.4 Å². The Morgan fingerprint density at radius 1 is 1.38 bits per heavy atom. The molecule has 0 spiro atoms. The first-order valence-electron chi connectivity index (χ1n) is 7.82. The zero-order chi connectivity index (χ0) is 16.9. The summed E-state index contributed by atoms with van der Waals surface area (Å²) in [5.74, 6) is -0.233. The van der Waals surface area contributed by atoms with E-state index in [0.29, 0.717) is 11.4 Å². The Morgan fingerprint density at radius 3 is 2.79 bits per heavy atom. The van der Waals surface area contributed by atoms with Crippen molar-refractivity contribution < 1.29 is 19.1 Å². The van der Waals surface area contributed by atoms with Crippen molar-refractivity contribution in [3.8, 4) is 5.75 Å². The van der Waals surface area contributed by atoms with Gasteiger partial charge in [-0.25, -0.2) is 4.79 Å². The highest BCUT2D eigenvalue weighted by Gasteiger charge is 2.37. The fourth-order valence-electron chi connectivity index (χ4n) is 2.88. The Kier molecular flexibility index (Phi) is 7.51. The lowest BCUT2D eigenvalue weighted by Crippen LogP contribution is -2.51. The monoisotopic (exact) mass is 356 g/mol. The molecule has 24 heavy (non-hydrogen) atoms. The number of amides is 1. The van der Waals surface area contributed by atoms with Crippen LogP contribution in [0.3, 0.4) is 0 Å². The first kappa shape index (κ1) is 20.3. The summed E-state index contributed by atoms with van der Waals surface area (Å²) in [6.07, 6.45) is 3.74. The molecule has 6 nitrogen and oxygen atoms in total. The molecule has 3 N–H and O–H groups in total. The first-order valence-corrected chi connectivity index (χ1v) is 7.82. The van der Waals surface area contributed by atoms with Crippen LogP contribution in [0, 0.1) is 5.92 Å². The number of nitrogens with two attached hydrogens (primary N) is 1. The van der Waals surface area contributed by atoms with Gasteiger partial charge in [0.1, 0.15) is 5.75 Å². The molecule has 7 heteroatoms. The second-order valence-corrected chi connectivity index (χ2v) is 6.19. The summed E-state index contributed by atoms with van der Waals surface area (Å²) >= 11 is 0. The van der Waals surface area contributed by atoms with Crippen LogP contribution in [0.4, 0.5) is 5.69 Å². The molecule has 1 amide bonds. The molecule has 0 radical (unpaired) electrons. The molecule has 134 valence electrons. The number of nitrogens with one attached hydrogen (secondary N) is 1. The van der Waals surface area contributed by atoms with Crippen LogP contribution in [-0.4, -0.2) is 31.1 Å². The summed E-state index contributed by atoms with van der Waals surface area (Å²) < 4.78 is 9.84. The number of benzene rings is 1. The van der Waals surface area contributed by atoms with Gasteiger partial charge >= 0.3 is 5.97 Å². The molecule has 1 aromatic carbocycles. The van der Waals surface area contributed by atoms with Crippen molar-refractivity contribution >= 4 is 30.0 Å². The Hall–Kier alpha value is -1.79. The lowest BCUT2D eigenvalue weighted by molar-refractivity contribution is -0.142. The van der Waals surface area contributed by atoms with E-state index >= 15 is 0 Å². The maximum Gasteiger partial charge on any atom is 0.343 e. The standard InChI is InChI=1S/C17H24N2O4.ClH/c1-17(18)9-4-3-8-14(17)16(21)19-12-6-5-7-13(10-12)23-11-15(20)22-2;/h5-7,10,14H,3-4,8-9,11,18H2,1-2H3,(H,19,21);1H. The smallest absolute Gasteiger partial charge is 0.343 e. The first-order chi connectivity index (χ1) is 10.9. The van der Waals surface area contributed by atoms with Crippen LogP contribution in [0.25, 0.3) is 0 Å². The van der Waals surface area contributed by atoms with Crippen molar-refractivity contribution in [3.63, 3.8) is 0 Å². The largest absolute Gasteiger partial charge is 0.482 e. The van der Waals surface area contributed by atoms with Crippen molar-refractivity contribution in [1.82, 2.24) is 0 Å². The van der Waals surface area contributed by atoms with Gasteiger partial charge in [-0.2, -0.15) is 0 Å². The van der Waals surface area contributed by atoms with Crippen LogP contribution in [-0.2, 0) is 14.3 Å². The summed E-state index contributed by atoms with van der Waals surface area (Å²) in [6, 6.07) is 6.92. The van der Waals surface area contributed by atoms with Gasteiger partial charge < -0.3 is 20.5 Å². The van der Waals surface area contributed by atoms with Gasteiger partial charge in [-0.05, 0) is 31.9 Å².